The van der Waals surface area contributed by atoms with E-state index in [1.54, 1.807) is 0 Å². The van der Waals surface area contributed by atoms with Gasteiger partial charge in [0.15, 0.2) is 0 Å². The third-order valence-corrected chi connectivity index (χ3v) is 7.36. The summed E-state index contributed by atoms with van der Waals surface area (Å²) in [5, 5.41) is 13.2. The first-order chi connectivity index (χ1) is 18.2. The number of hydrogen-bond acceptors (Lipinski definition) is 1. The number of hydrogen-bond donors (Lipinski definition) is 0. The highest BCUT2D eigenvalue weighted by molar-refractivity contribution is 6.01. The molecule has 0 radical (unpaired) electrons. The van der Waals surface area contributed by atoms with Crippen LogP contribution < -0.4 is 0 Å². The van der Waals surface area contributed by atoms with Crippen molar-refractivity contribution in [3.63, 3.8) is 0 Å². The molecule has 7 rings (SSSR count). The number of rotatable bonds is 0. The van der Waals surface area contributed by atoms with Crippen LogP contribution in [-0.4, -0.2) is 4.98 Å². The van der Waals surface area contributed by atoms with Gasteiger partial charge in [-0.1, -0.05) is 91.0 Å². The Kier molecular flexibility index (Phi) is 5.08. The van der Waals surface area contributed by atoms with Crippen LogP contribution in [0.4, 0.5) is 0 Å². The van der Waals surface area contributed by atoms with Crippen LogP contribution in [0.15, 0.2) is 134 Å². The van der Waals surface area contributed by atoms with E-state index in [0.29, 0.717) is 0 Å². The van der Waals surface area contributed by atoms with Gasteiger partial charge in [-0.05, 0) is 103 Å². The maximum Gasteiger partial charge on any atom is 0.0708 e. The van der Waals surface area contributed by atoms with E-state index >= 15 is 0 Å². The van der Waals surface area contributed by atoms with E-state index in [4.69, 9.17) is 4.98 Å². The van der Waals surface area contributed by atoms with Crippen LogP contribution in [-0.2, 0) is 0 Å². The number of pyridine rings is 1. The van der Waals surface area contributed by atoms with Crippen molar-refractivity contribution in [3.05, 3.63) is 139 Å². The molecule has 0 atom stereocenters. The molecule has 37 heavy (non-hydrogen) atoms. The summed E-state index contributed by atoms with van der Waals surface area (Å²) in [6, 6.07) is 46.3. The molecule has 0 unspecified atom stereocenters. The predicted molar refractivity (Wildman–Crippen MR) is 160 cm³/mol. The van der Waals surface area contributed by atoms with Crippen molar-refractivity contribution in [1.82, 2.24) is 4.98 Å². The zero-order valence-corrected chi connectivity index (χ0v) is 20.6. The Morgan fingerprint density at radius 3 is 1.14 bits per heavy atom. The zero-order chi connectivity index (χ0) is 24.8. The van der Waals surface area contributed by atoms with Gasteiger partial charge in [-0.25, -0.2) is 0 Å². The summed E-state index contributed by atoms with van der Waals surface area (Å²) in [7, 11) is 0. The van der Waals surface area contributed by atoms with E-state index in [9.17, 15) is 0 Å². The Morgan fingerprint density at radius 1 is 0.378 bits per heavy atom. The molecule has 0 amide bonds. The lowest BCUT2D eigenvalue weighted by atomic mass is 10.0. The average Bonchev–Trinajstić information content (AvgIpc) is 2.97. The van der Waals surface area contributed by atoms with Crippen molar-refractivity contribution in [2.24, 2.45) is 0 Å². The van der Waals surface area contributed by atoms with Gasteiger partial charge >= 0.3 is 0 Å². The third kappa shape index (κ3) is 3.95. The second-order valence-electron chi connectivity index (χ2n) is 9.79. The van der Waals surface area contributed by atoms with Crippen LogP contribution in [0.25, 0.3) is 64.8 Å². The number of aryl methyl sites for hydroxylation is 1. The average molecular weight is 472 g/mol. The number of fused-ring (bicyclic) bond motifs is 18. The normalized spacial score (nSPS) is 11.4. The summed E-state index contributed by atoms with van der Waals surface area (Å²) in [6.45, 7) is 2.14. The predicted octanol–water partition coefficient (Wildman–Crippen LogP) is 10.00. The smallest absolute Gasteiger partial charge is 0.0708 e. The van der Waals surface area contributed by atoms with E-state index in [0.717, 1.165) is 10.9 Å². The minimum Gasteiger partial charge on any atom is -0.256 e. The van der Waals surface area contributed by atoms with E-state index in [1.165, 1.54) is 59.4 Å². The lowest BCUT2D eigenvalue weighted by Gasteiger charge is -2.04. The lowest BCUT2D eigenvalue weighted by Crippen LogP contribution is -1.82. The maximum absolute atomic E-state index is 4.82. The molecule has 1 heterocycles. The Bertz CT molecular complexity index is 2100. The van der Waals surface area contributed by atoms with Crippen LogP contribution in [0.2, 0.25) is 0 Å². The van der Waals surface area contributed by atoms with E-state index in [-0.39, 0.29) is 0 Å². The molecule has 0 spiro atoms. The molecule has 1 heteroatoms. The van der Waals surface area contributed by atoms with Gasteiger partial charge in [0.2, 0.25) is 0 Å². The topological polar surface area (TPSA) is 12.9 Å². The fraction of sp³-hybridized carbons (Fsp3) is 0.0278. The van der Waals surface area contributed by atoms with Crippen molar-refractivity contribution < 1.29 is 0 Å². The Morgan fingerprint density at radius 2 is 0.703 bits per heavy atom. The summed E-state index contributed by atoms with van der Waals surface area (Å²) < 4.78 is 0. The summed E-state index contributed by atoms with van der Waals surface area (Å²) in [6.07, 6.45) is 2.00. The molecule has 0 N–H and O–H groups in total. The van der Waals surface area contributed by atoms with E-state index in [2.05, 4.69) is 134 Å². The number of benzene rings is 5. The molecule has 1 aromatic heterocycles. The second kappa shape index (κ2) is 8.72. The van der Waals surface area contributed by atoms with Crippen LogP contribution in [0.1, 0.15) is 5.56 Å². The molecule has 174 valence electrons. The van der Waals surface area contributed by atoms with Gasteiger partial charge in [0, 0.05) is 11.6 Å². The largest absolute Gasteiger partial charge is 0.256 e. The standard InChI is InChI=1S/C36H25N/c1-24-23-37-36-22-35(24)33-15-5-13-31(20-33)29-11-3-9-27(18-29)25-7-2-8-26(17-25)28-10-4-12-30(19-28)32-14-6-16-34(36)21-32/h2-23H,1H3. The number of nitrogens with zero attached hydrogens (tertiary/aromatic N) is 1. The maximum atomic E-state index is 4.82. The first-order valence-electron chi connectivity index (χ1n) is 12.7. The van der Waals surface area contributed by atoms with Crippen LogP contribution in [0.5, 0.6) is 0 Å². The van der Waals surface area contributed by atoms with E-state index in [1.807, 2.05) is 6.20 Å². The molecule has 12 bridgehead atoms. The fourth-order valence-corrected chi connectivity index (χ4v) is 5.35. The molecule has 0 aliphatic heterocycles. The monoisotopic (exact) mass is 471 g/mol. The highest BCUT2D eigenvalue weighted by Crippen LogP contribution is 2.26. The summed E-state index contributed by atoms with van der Waals surface area (Å²) in [5.74, 6) is 0. The first-order valence-corrected chi connectivity index (χ1v) is 12.7. The molecule has 0 saturated heterocycles. The molecule has 6 aromatic carbocycles. The molecular weight excluding hydrogens is 446 g/mol. The minimum absolute atomic E-state index is 0.986. The quantitative estimate of drug-likeness (QED) is 0.214. The molecule has 0 aliphatic rings. The van der Waals surface area contributed by atoms with Crippen molar-refractivity contribution in [3.8, 4) is 0 Å². The SMILES string of the molecule is Cc1cnc2cc1c1cccc(c1)c1cccc(c1)c1cccc(c1)c1cccc(c1)c1cccc2c1. The van der Waals surface area contributed by atoms with Gasteiger partial charge in [0.25, 0.3) is 0 Å². The Hall–Kier alpha value is -4.75. The lowest BCUT2D eigenvalue weighted by molar-refractivity contribution is 1.36. The Labute approximate surface area is 215 Å². The van der Waals surface area contributed by atoms with Gasteiger partial charge in [-0.3, -0.25) is 4.98 Å². The Balaban J connectivity index is 1.73. The van der Waals surface area contributed by atoms with Crippen molar-refractivity contribution in [2.45, 2.75) is 6.92 Å². The molecule has 0 saturated carbocycles. The molecule has 1 nitrogen and oxygen atoms in total. The molecule has 0 fully saturated rings. The zero-order valence-electron chi connectivity index (χ0n) is 20.6. The molecule has 0 aliphatic carbocycles. The minimum atomic E-state index is 0.986. The van der Waals surface area contributed by atoms with Crippen molar-refractivity contribution in [1.29, 1.82) is 0 Å². The highest BCUT2D eigenvalue weighted by atomic mass is 14.6. The fourth-order valence-electron chi connectivity index (χ4n) is 5.35. The molecule has 7 aromatic rings. The van der Waals surface area contributed by atoms with Crippen molar-refractivity contribution >= 4 is 64.8 Å². The third-order valence-electron chi connectivity index (χ3n) is 7.36. The molecular formula is C36H25N. The summed E-state index contributed by atoms with van der Waals surface area (Å²) in [4.78, 5) is 4.82. The highest BCUT2D eigenvalue weighted by Gasteiger charge is 2.01. The van der Waals surface area contributed by atoms with Gasteiger partial charge < -0.3 is 0 Å². The van der Waals surface area contributed by atoms with Gasteiger partial charge in [-0.2, -0.15) is 0 Å². The summed E-state index contributed by atoms with van der Waals surface area (Å²) in [5.41, 5.74) is 2.16. The van der Waals surface area contributed by atoms with Gasteiger partial charge in [0.1, 0.15) is 0 Å². The second-order valence-corrected chi connectivity index (χ2v) is 9.79. The van der Waals surface area contributed by atoms with Crippen LogP contribution >= 0.6 is 0 Å². The van der Waals surface area contributed by atoms with Crippen LogP contribution in [0, 0.1) is 6.92 Å². The van der Waals surface area contributed by atoms with E-state index < -0.39 is 0 Å². The summed E-state index contributed by atoms with van der Waals surface area (Å²) >= 11 is 0. The van der Waals surface area contributed by atoms with Gasteiger partial charge in [-0.15, -0.1) is 0 Å². The van der Waals surface area contributed by atoms with Gasteiger partial charge in [0.05, 0.1) is 5.52 Å². The van der Waals surface area contributed by atoms with Crippen LogP contribution in [0.3, 0.4) is 0 Å². The first kappa shape index (κ1) is 21.5. The number of aromatic nitrogens is 1. The van der Waals surface area contributed by atoms with Crippen molar-refractivity contribution in [2.75, 3.05) is 0 Å².